The first-order valence-corrected chi connectivity index (χ1v) is 6.63. The van der Waals surface area contributed by atoms with Gasteiger partial charge in [0.2, 0.25) is 0 Å². The second-order valence-electron chi connectivity index (χ2n) is 4.95. The highest BCUT2D eigenvalue weighted by molar-refractivity contribution is 5.69. The van der Waals surface area contributed by atoms with E-state index in [9.17, 15) is 4.79 Å². The summed E-state index contributed by atoms with van der Waals surface area (Å²) in [7, 11) is 2.08. The summed E-state index contributed by atoms with van der Waals surface area (Å²) in [6.07, 6.45) is 1.47. The minimum atomic E-state index is -0.101. The van der Waals surface area contributed by atoms with Gasteiger partial charge in [0.1, 0.15) is 6.10 Å². The van der Waals surface area contributed by atoms with E-state index in [1.807, 2.05) is 25.1 Å². The van der Waals surface area contributed by atoms with Gasteiger partial charge in [-0.2, -0.15) is 0 Å². The smallest absolute Gasteiger partial charge is 0.305 e. The molecule has 3 nitrogen and oxygen atoms in total. The zero-order chi connectivity index (χ0) is 13.0. The topological polar surface area (TPSA) is 29.5 Å². The van der Waals surface area contributed by atoms with Gasteiger partial charge in [-0.15, -0.1) is 0 Å². The van der Waals surface area contributed by atoms with E-state index < -0.39 is 0 Å². The molecule has 0 radical (unpaired) electrons. The molecule has 0 bridgehead atoms. The summed E-state index contributed by atoms with van der Waals surface area (Å²) in [4.78, 5) is 13.8. The predicted molar refractivity (Wildman–Crippen MR) is 71.5 cm³/mol. The molecule has 0 spiro atoms. The predicted octanol–water partition coefficient (Wildman–Crippen LogP) is 2.43. The van der Waals surface area contributed by atoms with E-state index in [0.717, 1.165) is 19.5 Å². The maximum atomic E-state index is 11.5. The van der Waals surface area contributed by atoms with E-state index in [0.29, 0.717) is 12.3 Å². The van der Waals surface area contributed by atoms with Crippen LogP contribution in [-0.2, 0) is 9.53 Å². The van der Waals surface area contributed by atoms with Gasteiger partial charge in [-0.3, -0.25) is 4.79 Å². The Bertz CT molecular complexity index is 391. The normalized spacial score (nSPS) is 24.8. The van der Waals surface area contributed by atoms with Crippen LogP contribution in [0.15, 0.2) is 30.3 Å². The first-order valence-electron chi connectivity index (χ1n) is 6.63. The molecule has 0 amide bonds. The number of nitrogens with zero attached hydrogens (tertiary/aromatic N) is 1. The van der Waals surface area contributed by atoms with Gasteiger partial charge in [-0.1, -0.05) is 37.3 Å². The number of carbonyl (C=O) groups excluding carboxylic acids is 1. The lowest BCUT2D eigenvalue weighted by Crippen LogP contribution is -2.43. The lowest BCUT2D eigenvalue weighted by atomic mass is 9.87. The molecule has 1 fully saturated rings. The van der Waals surface area contributed by atoms with E-state index in [-0.39, 0.29) is 12.1 Å². The van der Waals surface area contributed by atoms with Crippen LogP contribution in [0.3, 0.4) is 0 Å². The number of carbonyl (C=O) groups is 1. The zero-order valence-corrected chi connectivity index (χ0v) is 11.1. The second-order valence-corrected chi connectivity index (χ2v) is 4.95. The number of esters is 1. The first kappa shape index (κ1) is 13.1. The van der Waals surface area contributed by atoms with Crippen molar-refractivity contribution in [3.05, 3.63) is 35.9 Å². The third-order valence-electron chi connectivity index (χ3n) is 3.56. The molecule has 1 aromatic carbocycles. The molecule has 0 aromatic heterocycles. The molecule has 1 heterocycles. The molecule has 1 aromatic rings. The Labute approximate surface area is 109 Å². The molecule has 1 aliphatic rings. The minimum Gasteiger partial charge on any atom is -0.460 e. The van der Waals surface area contributed by atoms with E-state index in [2.05, 4.69) is 24.1 Å². The lowest BCUT2D eigenvalue weighted by molar-refractivity contribution is -0.152. The molecule has 3 heteroatoms. The Hall–Kier alpha value is -1.35. The molecule has 0 saturated carbocycles. The summed E-state index contributed by atoms with van der Waals surface area (Å²) in [6.45, 7) is 3.72. The second kappa shape index (κ2) is 6.01. The van der Waals surface area contributed by atoms with Gasteiger partial charge in [0.15, 0.2) is 0 Å². The lowest BCUT2D eigenvalue weighted by Gasteiger charge is -2.36. The molecule has 98 valence electrons. The maximum absolute atomic E-state index is 11.5. The summed E-state index contributed by atoms with van der Waals surface area (Å²) in [5, 5.41) is 0. The fraction of sp³-hybridized carbons (Fsp3) is 0.533. The van der Waals surface area contributed by atoms with Crippen molar-refractivity contribution < 1.29 is 9.53 Å². The van der Waals surface area contributed by atoms with Crippen molar-refractivity contribution in [1.82, 2.24) is 4.90 Å². The summed E-state index contributed by atoms with van der Waals surface area (Å²) in [6, 6.07) is 10.4. The van der Waals surface area contributed by atoms with E-state index in [1.165, 1.54) is 5.56 Å². The summed E-state index contributed by atoms with van der Waals surface area (Å²) in [5.74, 6) is 0.231. The van der Waals surface area contributed by atoms with Crippen molar-refractivity contribution in [3.8, 4) is 0 Å². The highest BCUT2D eigenvalue weighted by Gasteiger charge is 2.31. The van der Waals surface area contributed by atoms with Crippen molar-refractivity contribution in [2.24, 2.45) is 0 Å². The number of hydrogen-bond acceptors (Lipinski definition) is 3. The molecule has 18 heavy (non-hydrogen) atoms. The minimum absolute atomic E-state index is 0.0152. The first-order chi connectivity index (χ1) is 8.70. The quantitative estimate of drug-likeness (QED) is 0.768. The van der Waals surface area contributed by atoms with Gasteiger partial charge in [-0.25, -0.2) is 0 Å². The van der Waals surface area contributed by atoms with E-state index in [1.54, 1.807) is 0 Å². The van der Waals surface area contributed by atoms with Crippen LogP contribution in [0, 0.1) is 0 Å². The van der Waals surface area contributed by atoms with Gasteiger partial charge in [0.25, 0.3) is 0 Å². The Morgan fingerprint density at radius 1 is 1.39 bits per heavy atom. The largest absolute Gasteiger partial charge is 0.460 e. The number of rotatable bonds is 3. The van der Waals surface area contributed by atoms with Crippen molar-refractivity contribution in [1.29, 1.82) is 0 Å². The van der Waals surface area contributed by atoms with Crippen LogP contribution in [0.25, 0.3) is 0 Å². The molecular formula is C15H21NO2. The number of likely N-dealkylation sites (tertiary alicyclic amines) is 1. The summed E-state index contributed by atoms with van der Waals surface area (Å²) in [5.41, 5.74) is 1.28. The van der Waals surface area contributed by atoms with Crippen molar-refractivity contribution in [3.63, 3.8) is 0 Å². The van der Waals surface area contributed by atoms with Crippen LogP contribution >= 0.6 is 0 Å². The third kappa shape index (κ3) is 3.10. The van der Waals surface area contributed by atoms with E-state index in [4.69, 9.17) is 4.74 Å². The molecule has 0 N–H and O–H groups in total. The van der Waals surface area contributed by atoms with Crippen LogP contribution in [0.1, 0.15) is 31.2 Å². The Balaban J connectivity index is 2.13. The van der Waals surface area contributed by atoms with Crippen LogP contribution in [0.5, 0.6) is 0 Å². The van der Waals surface area contributed by atoms with Crippen LogP contribution in [-0.4, -0.2) is 37.1 Å². The fourth-order valence-electron chi connectivity index (χ4n) is 2.52. The van der Waals surface area contributed by atoms with Crippen molar-refractivity contribution in [2.75, 3.05) is 20.1 Å². The highest BCUT2D eigenvalue weighted by atomic mass is 16.5. The fourth-order valence-corrected chi connectivity index (χ4v) is 2.52. The monoisotopic (exact) mass is 247 g/mol. The molecule has 0 aliphatic carbocycles. The SMILES string of the molecule is CCC(=O)O[C@H]1CN(C)CC[C@@H]1c1ccccc1. The summed E-state index contributed by atoms with van der Waals surface area (Å²) >= 11 is 0. The molecule has 1 saturated heterocycles. The average molecular weight is 247 g/mol. The number of piperidine rings is 1. The standard InChI is InChI=1S/C15H21NO2/c1-3-15(17)18-14-11-16(2)10-9-13(14)12-7-5-4-6-8-12/h4-8,13-14H,3,9-11H2,1-2H3/t13-,14+/m1/s1. The van der Waals surface area contributed by atoms with E-state index >= 15 is 0 Å². The molecule has 2 atom stereocenters. The Morgan fingerprint density at radius 2 is 2.11 bits per heavy atom. The number of hydrogen-bond donors (Lipinski definition) is 0. The number of ether oxygens (including phenoxy) is 1. The van der Waals surface area contributed by atoms with Gasteiger partial charge in [0, 0.05) is 18.9 Å². The molecule has 0 unspecified atom stereocenters. The van der Waals surface area contributed by atoms with Crippen molar-refractivity contribution in [2.45, 2.75) is 31.8 Å². The third-order valence-corrected chi connectivity index (χ3v) is 3.56. The van der Waals surface area contributed by atoms with Gasteiger partial charge in [-0.05, 0) is 25.6 Å². The number of likely N-dealkylation sites (N-methyl/N-ethyl adjacent to an activating group) is 1. The molecule has 1 aliphatic heterocycles. The number of benzene rings is 1. The van der Waals surface area contributed by atoms with Gasteiger partial charge in [0.05, 0.1) is 0 Å². The molecular weight excluding hydrogens is 226 g/mol. The van der Waals surface area contributed by atoms with Crippen molar-refractivity contribution >= 4 is 5.97 Å². The maximum Gasteiger partial charge on any atom is 0.305 e. The molecule has 2 rings (SSSR count). The summed E-state index contributed by atoms with van der Waals surface area (Å²) < 4.78 is 5.60. The Morgan fingerprint density at radius 3 is 2.78 bits per heavy atom. The average Bonchev–Trinajstić information content (AvgIpc) is 2.40. The van der Waals surface area contributed by atoms with Crippen LogP contribution in [0.2, 0.25) is 0 Å². The highest BCUT2D eigenvalue weighted by Crippen LogP contribution is 2.30. The van der Waals surface area contributed by atoms with Gasteiger partial charge < -0.3 is 9.64 Å². The Kier molecular flexibility index (Phi) is 4.37. The zero-order valence-electron chi connectivity index (χ0n) is 11.1. The van der Waals surface area contributed by atoms with Crippen LogP contribution < -0.4 is 0 Å². The van der Waals surface area contributed by atoms with Crippen LogP contribution in [0.4, 0.5) is 0 Å². The van der Waals surface area contributed by atoms with Gasteiger partial charge >= 0.3 is 5.97 Å².